The minimum Gasteiger partial charge on any atom is -0.489 e. The van der Waals surface area contributed by atoms with Crippen molar-refractivity contribution in [2.24, 2.45) is 7.05 Å². The molecule has 1 aromatic heterocycles. The fraction of sp³-hybridized carbons (Fsp3) is 0.333. The number of hydrogen-bond donors (Lipinski definition) is 1. The second-order valence-corrected chi connectivity index (χ2v) is 5.49. The van der Waals surface area contributed by atoms with Gasteiger partial charge in [-0.3, -0.25) is 4.68 Å². The van der Waals surface area contributed by atoms with Gasteiger partial charge in [-0.05, 0) is 13.0 Å². The number of halogens is 1. The van der Waals surface area contributed by atoms with Crippen molar-refractivity contribution in [3.63, 3.8) is 0 Å². The van der Waals surface area contributed by atoms with Crippen LogP contribution in [0.25, 0.3) is 11.3 Å². The molecule has 116 valence electrons. The average Bonchev–Trinajstić information content (AvgIpc) is 2.69. The molecule has 0 bridgehead atoms. The lowest BCUT2D eigenvalue weighted by Crippen LogP contribution is -2.01. The molecule has 6 nitrogen and oxygen atoms in total. The Hall–Kier alpha value is -2.21. The molecule has 0 aliphatic carbocycles. The van der Waals surface area contributed by atoms with Crippen LogP contribution in [-0.4, -0.2) is 34.1 Å². The number of ether oxygens (including phenoxy) is 2. The fourth-order valence-electron chi connectivity index (χ4n) is 2.55. The number of benzene rings is 1. The first-order chi connectivity index (χ1) is 10.5. The molecule has 3 rings (SSSR count). The molecule has 0 fully saturated rings. The van der Waals surface area contributed by atoms with Crippen molar-refractivity contribution in [1.29, 1.82) is 0 Å². The van der Waals surface area contributed by atoms with Gasteiger partial charge in [0.2, 0.25) is 0 Å². The predicted octanol–water partition coefficient (Wildman–Crippen LogP) is 2.91. The second-order valence-electron chi connectivity index (χ2n) is 5.08. The minimum atomic E-state index is -1.08. The molecular weight excluding hydrogens is 308 g/mol. The van der Waals surface area contributed by atoms with Crippen molar-refractivity contribution in [2.75, 3.05) is 13.2 Å². The van der Waals surface area contributed by atoms with Crippen LogP contribution in [0.4, 0.5) is 0 Å². The second kappa shape index (κ2) is 5.53. The molecule has 7 heteroatoms. The Morgan fingerprint density at radius 1 is 1.36 bits per heavy atom. The molecule has 2 aromatic rings. The lowest BCUT2D eigenvalue weighted by Gasteiger charge is -2.16. The standard InChI is InChI=1S/C15H15ClN2O4/c1-8-13(11-7-10(15(19)20)17-18(11)2)9(16)6-12-14(8)22-5-3-4-21-12/h6-7H,3-5H2,1-2H3,(H,19,20). The molecule has 1 aliphatic rings. The van der Waals surface area contributed by atoms with Crippen LogP contribution in [0.15, 0.2) is 12.1 Å². The van der Waals surface area contributed by atoms with Crippen molar-refractivity contribution >= 4 is 17.6 Å². The zero-order chi connectivity index (χ0) is 15.9. The molecule has 0 saturated carbocycles. The van der Waals surface area contributed by atoms with Crippen LogP contribution < -0.4 is 9.47 Å². The highest BCUT2D eigenvalue weighted by Crippen LogP contribution is 2.43. The van der Waals surface area contributed by atoms with Gasteiger partial charge in [0.1, 0.15) is 0 Å². The summed E-state index contributed by atoms with van der Waals surface area (Å²) in [6.45, 7) is 3.03. The van der Waals surface area contributed by atoms with Crippen molar-refractivity contribution in [2.45, 2.75) is 13.3 Å². The van der Waals surface area contributed by atoms with Crippen LogP contribution in [-0.2, 0) is 7.05 Å². The highest BCUT2D eigenvalue weighted by atomic mass is 35.5. The number of aryl methyl sites for hydroxylation is 1. The normalized spacial score (nSPS) is 13.8. The van der Waals surface area contributed by atoms with Crippen LogP contribution >= 0.6 is 11.6 Å². The topological polar surface area (TPSA) is 73.6 Å². The van der Waals surface area contributed by atoms with Crippen LogP contribution in [0.1, 0.15) is 22.5 Å². The average molecular weight is 323 g/mol. The number of aromatic nitrogens is 2. The van der Waals surface area contributed by atoms with Gasteiger partial charge in [0.15, 0.2) is 17.2 Å². The highest BCUT2D eigenvalue weighted by molar-refractivity contribution is 6.33. The van der Waals surface area contributed by atoms with Crippen LogP contribution in [0.5, 0.6) is 11.5 Å². The summed E-state index contributed by atoms with van der Waals surface area (Å²) in [5, 5.41) is 13.5. The molecule has 0 saturated heterocycles. The van der Waals surface area contributed by atoms with E-state index >= 15 is 0 Å². The van der Waals surface area contributed by atoms with E-state index in [0.717, 1.165) is 12.0 Å². The molecule has 0 radical (unpaired) electrons. The summed E-state index contributed by atoms with van der Waals surface area (Å²) in [6, 6.07) is 3.21. The van der Waals surface area contributed by atoms with Crippen molar-refractivity contribution < 1.29 is 19.4 Å². The monoisotopic (exact) mass is 322 g/mol. The Bertz CT molecular complexity index is 754. The molecule has 0 spiro atoms. The minimum absolute atomic E-state index is 0.0277. The highest BCUT2D eigenvalue weighted by Gasteiger charge is 2.23. The Morgan fingerprint density at radius 3 is 2.77 bits per heavy atom. The van der Waals surface area contributed by atoms with Crippen LogP contribution in [0, 0.1) is 6.92 Å². The molecule has 0 atom stereocenters. The van der Waals surface area contributed by atoms with E-state index in [-0.39, 0.29) is 5.69 Å². The van der Waals surface area contributed by atoms with Crippen LogP contribution in [0.3, 0.4) is 0 Å². The smallest absolute Gasteiger partial charge is 0.356 e. The maximum absolute atomic E-state index is 11.1. The van der Waals surface area contributed by atoms with E-state index < -0.39 is 5.97 Å². The number of nitrogens with zero attached hydrogens (tertiary/aromatic N) is 2. The summed E-state index contributed by atoms with van der Waals surface area (Å²) in [7, 11) is 1.68. The van der Waals surface area contributed by atoms with Crippen LogP contribution in [0.2, 0.25) is 5.02 Å². The molecule has 1 N–H and O–H groups in total. The third kappa shape index (κ3) is 2.39. The third-order valence-electron chi connectivity index (χ3n) is 3.58. The molecule has 0 amide bonds. The SMILES string of the molecule is Cc1c2c(cc(Cl)c1-c1cc(C(=O)O)nn1C)OCCCO2. The van der Waals surface area contributed by atoms with Gasteiger partial charge in [0.05, 0.1) is 23.9 Å². The Balaban J connectivity index is 2.19. The third-order valence-corrected chi connectivity index (χ3v) is 3.88. The van der Waals surface area contributed by atoms with Crippen molar-refractivity contribution in [1.82, 2.24) is 9.78 Å². The summed E-state index contributed by atoms with van der Waals surface area (Å²) in [5.74, 6) is 0.185. The molecular formula is C15H15ClN2O4. The number of hydrogen-bond acceptors (Lipinski definition) is 4. The Morgan fingerprint density at radius 2 is 2.09 bits per heavy atom. The van der Waals surface area contributed by atoms with Crippen molar-refractivity contribution in [3.05, 3.63) is 28.4 Å². The number of fused-ring (bicyclic) bond motifs is 1. The maximum Gasteiger partial charge on any atom is 0.356 e. The fourth-order valence-corrected chi connectivity index (χ4v) is 2.89. The lowest BCUT2D eigenvalue weighted by molar-refractivity contribution is 0.0689. The first-order valence-electron chi connectivity index (χ1n) is 6.85. The van der Waals surface area contributed by atoms with Gasteiger partial charge in [0.25, 0.3) is 0 Å². The zero-order valence-electron chi connectivity index (χ0n) is 12.2. The van der Waals surface area contributed by atoms with Gasteiger partial charge >= 0.3 is 5.97 Å². The molecule has 2 heterocycles. The van der Waals surface area contributed by atoms with Gasteiger partial charge in [-0.15, -0.1) is 0 Å². The van der Waals surface area contributed by atoms with E-state index in [1.54, 1.807) is 13.1 Å². The maximum atomic E-state index is 11.1. The largest absolute Gasteiger partial charge is 0.489 e. The summed E-state index contributed by atoms with van der Waals surface area (Å²) >= 11 is 6.39. The molecule has 1 aliphatic heterocycles. The van der Waals surface area contributed by atoms with Gasteiger partial charge in [-0.2, -0.15) is 5.10 Å². The van der Waals surface area contributed by atoms with E-state index in [9.17, 15) is 4.79 Å². The number of carboxylic acids is 1. The number of carboxylic acid groups (broad SMARTS) is 1. The van der Waals surface area contributed by atoms with E-state index in [0.29, 0.717) is 41.0 Å². The number of carbonyl (C=O) groups is 1. The van der Waals surface area contributed by atoms with E-state index in [1.807, 2.05) is 6.92 Å². The molecule has 22 heavy (non-hydrogen) atoms. The van der Waals surface area contributed by atoms with E-state index in [2.05, 4.69) is 5.10 Å². The summed E-state index contributed by atoms with van der Waals surface area (Å²) in [5.41, 5.74) is 2.10. The zero-order valence-corrected chi connectivity index (χ0v) is 13.0. The van der Waals surface area contributed by atoms with E-state index in [4.69, 9.17) is 26.2 Å². The quantitative estimate of drug-likeness (QED) is 0.920. The van der Waals surface area contributed by atoms with E-state index in [1.165, 1.54) is 10.7 Å². The van der Waals surface area contributed by atoms with Gasteiger partial charge < -0.3 is 14.6 Å². The first kappa shape index (κ1) is 14.7. The van der Waals surface area contributed by atoms with Gasteiger partial charge in [-0.25, -0.2) is 4.79 Å². The summed E-state index contributed by atoms with van der Waals surface area (Å²) in [6.07, 6.45) is 0.802. The lowest BCUT2D eigenvalue weighted by atomic mass is 10.0. The molecule has 0 unspecified atom stereocenters. The number of aromatic carboxylic acids is 1. The van der Waals surface area contributed by atoms with Gasteiger partial charge in [-0.1, -0.05) is 11.6 Å². The predicted molar refractivity (Wildman–Crippen MR) is 81.0 cm³/mol. The van der Waals surface area contributed by atoms with Crippen molar-refractivity contribution in [3.8, 4) is 22.8 Å². The number of rotatable bonds is 2. The summed E-state index contributed by atoms with van der Waals surface area (Å²) < 4.78 is 12.9. The first-order valence-corrected chi connectivity index (χ1v) is 7.23. The summed E-state index contributed by atoms with van der Waals surface area (Å²) in [4.78, 5) is 11.1. The Kier molecular flexibility index (Phi) is 3.70. The molecule has 1 aromatic carbocycles. The van der Waals surface area contributed by atoms with Gasteiger partial charge in [0, 0.05) is 30.7 Å². The Labute approximate surface area is 132 Å².